The minimum atomic E-state index is -3.93. The van der Waals surface area contributed by atoms with E-state index in [1.54, 1.807) is 0 Å². The molecule has 1 fully saturated rings. The maximum atomic E-state index is 12.2. The Hall–Kier alpha value is -1.22. The van der Waals surface area contributed by atoms with Gasteiger partial charge in [-0.1, -0.05) is 11.6 Å². The number of benzene rings is 1. The number of sulfonamides is 1. The summed E-state index contributed by atoms with van der Waals surface area (Å²) in [6.07, 6.45) is 2.22. The van der Waals surface area contributed by atoms with Gasteiger partial charge in [-0.3, -0.25) is 10.1 Å². The number of nitrogens with one attached hydrogen (secondary N) is 1. The Morgan fingerprint density at radius 1 is 1.43 bits per heavy atom. The normalized spacial score (nSPS) is 16.7. The first kappa shape index (κ1) is 16.2. The molecule has 0 heterocycles. The van der Waals surface area contributed by atoms with E-state index in [0.717, 1.165) is 25.0 Å². The Morgan fingerprint density at radius 2 is 2.10 bits per heavy atom. The first-order valence-corrected chi connectivity index (χ1v) is 8.20. The summed E-state index contributed by atoms with van der Waals surface area (Å²) < 4.78 is 26.9. The van der Waals surface area contributed by atoms with E-state index in [9.17, 15) is 18.5 Å². The van der Waals surface area contributed by atoms with Crippen molar-refractivity contribution in [3.05, 3.63) is 33.3 Å². The number of hydrogen-bond acceptors (Lipinski definition) is 5. The van der Waals surface area contributed by atoms with Crippen LogP contribution in [0.15, 0.2) is 23.1 Å². The Labute approximate surface area is 127 Å². The predicted octanol–water partition coefficient (Wildman–Crippen LogP) is 1.69. The van der Waals surface area contributed by atoms with Gasteiger partial charge in [0.1, 0.15) is 4.90 Å². The first-order chi connectivity index (χ1) is 9.80. The Morgan fingerprint density at radius 3 is 2.62 bits per heavy atom. The van der Waals surface area contributed by atoms with Crippen molar-refractivity contribution in [2.24, 2.45) is 5.41 Å². The van der Waals surface area contributed by atoms with E-state index < -0.39 is 14.9 Å². The lowest BCUT2D eigenvalue weighted by Crippen LogP contribution is -2.31. The van der Waals surface area contributed by atoms with Crippen LogP contribution in [-0.2, 0) is 10.0 Å². The maximum absolute atomic E-state index is 12.2. The minimum Gasteiger partial charge on any atom is -0.396 e. The van der Waals surface area contributed by atoms with E-state index in [-0.39, 0.29) is 34.2 Å². The average molecular weight is 335 g/mol. The largest absolute Gasteiger partial charge is 0.396 e. The van der Waals surface area contributed by atoms with Crippen molar-refractivity contribution in [2.45, 2.75) is 24.2 Å². The molecule has 0 aliphatic heterocycles. The highest BCUT2D eigenvalue weighted by atomic mass is 35.5. The molecule has 2 N–H and O–H groups in total. The van der Waals surface area contributed by atoms with Crippen molar-refractivity contribution in [1.82, 2.24) is 4.72 Å². The third-order valence-electron chi connectivity index (χ3n) is 3.65. The zero-order valence-electron chi connectivity index (χ0n) is 11.1. The lowest BCUT2D eigenvalue weighted by atomic mass is 10.0. The number of aliphatic hydroxyl groups is 1. The van der Waals surface area contributed by atoms with Crippen LogP contribution in [0.1, 0.15) is 19.3 Å². The number of aliphatic hydroxyl groups excluding tert-OH is 1. The summed E-state index contributed by atoms with van der Waals surface area (Å²) in [5.41, 5.74) is -0.536. The smallest absolute Gasteiger partial charge is 0.270 e. The van der Waals surface area contributed by atoms with Gasteiger partial charge < -0.3 is 5.11 Å². The van der Waals surface area contributed by atoms with E-state index in [2.05, 4.69) is 4.72 Å². The second-order valence-electron chi connectivity index (χ2n) is 5.17. The molecule has 0 unspecified atom stereocenters. The third-order valence-corrected chi connectivity index (χ3v) is 5.53. The number of halogens is 1. The lowest BCUT2D eigenvalue weighted by molar-refractivity contribution is -0.385. The molecule has 0 atom stereocenters. The van der Waals surface area contributed by atoms with E-state index in [0.29, 0.717) is 6.42 Å². The van der Waals surface area contributed by atoms with Crippen LogP contribution in [0.5, 0.6) is 0 Å². The van der Waals surface area contributed by atoms with Crippen LogP contribution in [-0.4, -0.2) is 31.6 Å². The van der Waals surface area contributed by atoms with Crippen molar-refractivity contribution in [3.63, 3.8) is 0 Å². The highest BCUT2D eigenvalue weighted by Crippen LogP contribution is 2.48. The molecule has 21 heavy (non-hydrogen) atoms. The van der Waals surface area contributed by atoms with Gasteiger partial charge in [0.05, 0.1) is 9.95 Å². The van der Waals surface area contributed by atoms with Gasteiger partial charge >= 0.3 is 0 Å². The van der Waals surface area contributed by atoms with Crippen LogP contribution in [0.3, 0.4) is 0 Å². The highest BCUT2D eigenvalue weighted by Gasteiger charge is 2.42. The molecule has 1 aromatic rings. The lowest BCUT2D eigenvalue weighted by Gasteiger charge is -2.15. The van der Waals surface area contributed by atoms with Crippen LogP contribution in [0.4, 0.5) is 5.69 Å². The molecule has 0 saturated heterocycles. The van der Waals surface area contributed by atoms with Crippen LogP contribution < -0.4 is 4.72 Å². The summed E-state index contributed by atoms with van der Waals surface area (Å²) in [7, 11) is -3.93. The van der Waals surface area contributed by atoms with Crippen LogP contribution in [0.25, 0.3) is 0 Å². The van der Waals surface area contributed by atoms with Crippen molar-refractivity contribution in [1.29, 1.82) is 0 Å². The van der Waals surface area contributed by atoms with Gasteiger partial charge in [-0.05, 0) is 30.7 Å². The second-order valence-corrected chi connectivity index (χ2v) is 7.31. The molecule has 0 amide bonds. The molecular formula is C12H15ClN2O5S. The Balaban J connectivity index is 2.19. The molecule has 1 aliphatic rings. The summed E-state index contributed by atoms with van der Waals surface area (Å²) in [4.78, 5) is 9.74. The van der Waals surface area contributed by atoms with Gasteiger partial charge in [0.25, 0.3) is 5.69 Å². The molecule has 1 aromatic carbocycles. The van der Waals surface area contributed by atoms with Gasteiger partial charge in [0, 0.05) is 25.3 Å². The van der Waals surface area contributed by atoms with Gasteiger partial charge in [0.2, 0.25) is 10.0 Å². The van der Waals surface area contributed by atoms with Crippen LogP contribution in [0, 0.1) is 15.5 Å². The molecule has 0 spiro atoms. The number of nitro benzene ring substituents is 1. The van der Waals surface area contributed by atoms with Gasteiger partial charge in [0.15, 0.2) is 0 Å². The van der Waals surface area contributed by atoms with Crippen LogP contribution in [0.2, 0.25) is 5.02 Å². The maximum Gasteiger partial charge on any atom is 0.270 e. The standard InChI is InChI=1S/C12H15ClN2O5S/c13-10-2-1-9(15(17)18)7-11(10)21(19,20)14-8-12(3-4-12)5-6-16/h1-2,7,14,16H,3-6,8H2. The van der Waals surface area contributed by atoms with E-state index in [1.165, 1.54) is 6.07 Å². The third kappa shape index (κ3) is 3.70. The van der Waals surface area contributed by atoms with Crippen molar-refractivity contribution in [2.75, 3.05) is 13.2 Å². The molecule has 0 radical (unpaired) electrons. The molecule has 1 saturated carbocycles. The summed E-state index contributed by atoms with van der Waals surface area (Å²) in [6, 6.07) is 3.28. The fourth-order valence-corrected chi connectivity index (χ4v) is 3.74. The zero-order chi connectivity index (χ0) is 15.7. The van der Waals surface area contributed by atoms with Gasteiger partial charge in [-0.25, -0.2) is 13.1 Å². The first-order valence-electron chi connectivity index (χ1n) is 6.34. The molecular weight excluding hydrogens is 320 g/mol. The van der Waals surface area contributed by atoms with Crippen molar-refractivity contribution < 1.29 is 18.4 Å². The number of hydrogen-bond donors (Lipinski definition) is 2. The summed E-state index contributed by atoms with van der Waals surface area (Å²) in [6.45, 7) is 0.189. The molecule has 9 heteroatoms. The zero-order valence-corrected chi connectivity index (χ0v) is 12.7. The Bertz CT molecular complexity index is 658. The minimum absolute atomic E-state index is 0.000702. The molecule has 1 aliphatic carbocycles. The number of nitrogens with zero attached hydrogens (tertiary/aromatic N) is 1. The number of non-ortho nitro benzene ring substituents is 1. The fraction of sp³-hybridized carbons (Fsp3) is 0.500. The molecule has 116 valence electrons. The summed E-state index contributed by atoms with van der Waals surface area (Å²) in [5.74, 6) is 0. The molecule has 7 nitrogen and oxygen atoms in total. The summed E-state index contributed by atoms with van der Waals surface area (Å²) in [5, 5.41) is 19.6. The van der Waals surface area contributed by atoms with E-state index in [4.69, 9.17) is 16.7 Å². The summed E-state index contributed by atoms with van der Waals surface area (Å²) >= 11 is 5.83. The number of rotatable bonds is 7. The quantitative estimate of drug-likeness (QED) is 0.582. The van der Waals surface area contributed by atoms with Gasteiger partial charge in [-0.2, -0.15) is 0 Å². The topological polar surface area (TPSA) is 110 Å². The van der Waals surface area contributed by atoms with Crippen molar-refractivity contribution in [3.8, 4) is 0 Å². The molecule has 2 rings (SSSR count). The predicted molar refractivity (Wildman–Crippen MR) is 76.7 cm³/mol. The second kappa shape index (κ2) is 5.88. The monoisotopic (exact) mass is 334 g/mol. The molecule has 0 bridgehead atoms. The van der Waals surface area contributed by atoms with E-state index in [1.807, 2.05) is 0 Å². The fourth-order valence-electron chi connectivity index (χ4n) is 2.07. The average Bonchev–Trinajstić information content (AvgIpc) is 3.17. The Kier molecular flexibility index (Phi) is 4.52. The van der Waals surface area contributed by atoms with Crippen LogP contribution >= 0.6 is 11.6 Å². The highest BCUT2D eigenvalue weighted by molar-refractivity contribution is 7.89. The molecule has 0 aromatic heterocycles. The van der Waals surface area contributed by atoms with Crippen molar-refractivity contribution >= 4 is 27.3 Å². The van der Waals surface area contributed by atoms with Gasteiger partial charge in [-0.15, -0.1) is 0 Å². The SMILES string of the molecule is O=[N+]([O-])c1ccc(Cl)c(S(=O)(=O)NCC2(CCO)CC2)c1. The van der Waals surface area contributed by atoms with E-state index >= 15 is 0 Å². The number of nitro groups is 1.